The van der Waals surface area contributed by atoms with Crippen molar-refractivity contribution in [1.29, 1.82) is 0 Å². The normalized spacial score (nSPS) is 16.8. The third-order valence-electron chi connectivity index (χ3n) is 4.97. The van der Waals surface area contributed by atoms with Crippen LogP contribution >= 0.6 is 0 Å². The first-order chi connectivity index (χ1) is 14.4. The Morgan fingerprint density at radius 2 is 1.87 bits per heavy atom. The number of hydrazine groups is 1. The molecule has 3 amide bonds. The van der Waals surface area contributed by atoms with Crippen molar-refractivity contribution in [3.63, 3.8) is 0 Å². The number of nitrogens with one attached hydrogen (secondary N) is 2. The SMILES string of the molecule is CCc1ccc(N2C[C@@H](C(=O)NNC(=O)[C@H](C)Oc3ccccc3F)CC2=O)cc1. The average Bonchev–Trinajstić information content (AvgIpc) is 3.15. The second-order valence-corrected chi connectivity index (χ2v) is 7.09. The molecule has 0 aliphatic carbocycles. The number of halogens is 1. The molecule has 2 aromatic carbocycles. The minimum Gasteiger partial charge on any atom is -0.478 e. The molecule has 2 aromatic rings. The molecule has 1 heterocycles. The zero-order chi connectivity index (χ0) is 21.7. The Morgan fingerprint density at radius 1 is 1.17 bits per heavy atom. The van der Waals surface area contributed by atoms with Crippen molar-refractivity contribution in [2.75, 3.05) is 11.4 Å². The van der Waals surface area contributed by atoms with Gasteiger partial charge in [0.05, 0.1) is 5.92 Å². The number of hydrogen-bond donors (Lipinski definition) is 2. The zero-order valence-electron chi connectivity index (χ0n) is 16.9. The second-order valence-electron chi connectivity index (χ2n) is 7.09. The molecule has 1 aliphatic rings. The predicted octanol–water partition coefficient (Wildman–Crippen LogP) is 2.36. The lowest BCUT2D eigenvalue weighted by molar-refractivity contribution is -0.134. The first-order valence-electron chi connectivity index (χ1n) is 9.79. The summed E-state index contributed by atoms with van der Waals surface area (Å²) in [6, 6.07) is 13.4. The molecular weight excluding hydrogens is 389 g/mol. The number of rotatable bonds is 6. The van der Waals surface area contributed by atoms with Gasteiger partial charge in [-0.25, -0.2) is 4.39 Å². The predicted molar refractivity (Wildman–Crippen MR) is 109 cm³/mol. The molecule has 2 N–H and O–H groups in total. The smallest absolute Gasteiger partial charge is 0.279 e. The summed E-state index contributed by atoms with van der Waals surface area (Å²) in [6.07, 6.45) is -0.0720. The maximum Gasteiger partial charge on any atom is 0.279 e. The lowest BCUT2D eigenvalue weighted by atomic mass is 10.1. The van der Waals surface area contributed by atoms with E-state index in [-0.39, 0.29) is 24.6 Å². The van der Waals surface area contributed by atoms with Crippen LogP contribution in [0.2, 0.25) is 0 Å². The van der Waals surface area contributed by atoms with Crippen molar-refractivity contribution >= 4 is 23.4 Å². The summed E-state index contributed by atoms with van der Waals surface area (Å²) in [5, 5.41) is 0. The molecule has 3 rings (SSSR count). The number of amides is 3. The first-order valence-corrected chi connectivity index (χ1v) is 9.79. The molecule has 1 aliphatic heterocycles. The van der Waals surface area contributed by atoms with Crippen LogP contribution in [0.3, 0.4) is 0 Å². The fourth-order valence-corrected chi connectivity index (χ4v) is 3.16. The summed E-state index contributed by atoms with van der Waals surface area (Å²) in [5.41, 5.74) is 6.49. The minimum atomic E-state index is -1.03. The van der Waals surface area contributed by atoms with Gasteiger partial charge in [0.25, 0.3) is 5.91 Å². The van der Waals surface area contributed by atoms with Crippen molar-refractivity contribution in [2.45, 2.75) is 32.8 Å². The van der Waals surface area contributed by atoms with Gasteiger partial charge in [-0.3, -0.25) is 25.2 Å². The standard InChI is InChI=1S/C22H24FN3O4/c1-3-15-8-10-17(11-9-15)26-13-16(12-20(26)27)22(29)25-24-21(28)14(2)30-19-7-5-4-6-18(19)23/h4-11,14,16H,3,12-13H2,1-2H3,(H,24,28)(H,25,29)/t14-,16-/m0/s1. The maximum atomic E-state index is 13.6. The highest BCUT2D eigenvalue weighted by molar-refractivity contribution is 6.00. The van der Waals surface area contributed by atoms with Crippen LogP contribution in [0.25, 0.3) is 0 Å². The Morgan fingerprint density at radius 3 is 2.53 bits per heavy atom. The van der Waals surface area contributed by atoms with Crippen LogP contribution in [0, 0.1) is 11.7 Å². The summed E-state index contributed by atoms with van der Waals surface area (Å²) < 4.78 is 18.9. The molecule has 158 valence electrons. The van der Waals surface area contributed by atoms with Gasteiger partial charge in [0.2, 0.25) is 11.8 Å². The molecule has 0 unspecified atom stereocenters. The molecule has 7 nitrogen and oxygen atoms in total. The molecule has 2 atom stereocenters. The molecule has 0 aromatic heterocycles. The Bertz CT molecular complexity index is 932. The van der Waals surface area contributed by atoms with Gasteiger partial charge in [0, 0.05) is 18.7 Å². The lowest BCUT2D eigenvalue weighted by Crippen LogP contribution is -2.49. The molecule has 0 saturated carbocycles. The van der Waals surface area contributed by atoms with Crippen LogP contribution in [0.1, 0.15) is 25.8 Å². The number of ether oxygens (including phenoxy) is 1. The third-order valence-corrected chi connectivity index (χ3v) is 4.97. The monoisotopic (exact) mass is 413 g/mol. The van der Waals surface area contributed by atoms with Crippen molar-refractivity contribution < 1.29 is 23.5 Å². The maximum absolute atomic E-state index is 13.6. The van der Waals surface area contributed by atoms with E-state index in [2.05, 4.69) is 10.9 Å². The van der Waals surface area contributed by atoms with Gasteiger partial charge in [-0.05, 0) is 43.2 Å². The summed E-state index contributed by atoms with van der Waals surface area (Å²) >= 11 is 0. The average molecular weight is 413 g/mol. The molecule has 0 radical (unpaired) electrons. The molecule has 1 fully saturated rings. The van der Waals surface area contributed by atoms with Gasteiger partial charge >= 0.3 is 0 Å². The highest BCUT2D eigenvalue weighted by Gasteiger charge is 2.35. The zero-order valence-corrected chi connectivity index (χ0v) is 16.9. The first kappa shape index (κ1) is 21.3. The Hall–Kier alpha value is -3.42. The number of carbonyl (C=O) groups is 3. The van der Waals surface area contributed by atoms with E-state index in [0.29, 0.717) is 0 Å². The highest BCUT2D eigenvalue weighted by Crippen LogP contribution is 2.25. The number of anilines is 1. The largest absolute Gasteiger partial charge is 0.478 e. The van der Waals surface area contributed by atoms with E-state index in [4.69, 9.17) is 4.74 Å². The van der Waals surface area contributed by atoms with Gasteiger partial charge in [0.1, 0.15) is 0 Å². The Balaban J connectivity index is 1.51. The highest BCUT2D eigenvalue weighted by atomic mass is 19.1. The number of para-hydroxylation sites is 1. The van der Waals surface area contributed by atoms with Gasteiger partial charge in [0.15, 0.2) is 17.7 Å². The second kappa shape index (κ2) is 9.39. The summed E-state index contributed by atoms with van der Waals surface area (Å²) in [7, 11) is 0. The van der Waals surface area contributed by atoms with E-state index < -0.39 is 29.7 Å². The minimum absolute atomic E-state index is 0.0541. The van der Waals surface area contributed by atoms with E-state index in [0.717, 1.165) is 17.7 Å². The van der Waals surface area contributed by atoms with Gasteiger partial charge in [-0.15, -0.1) is 0 Å². The number of aryl methyl sites for hydroxylation is 1. The van der Waals surface area contributed by atoms with Gasteiger partial charge in [-0.2, -0.15) is 0 Å². The van der Waals surface area contributed by atoms with Crippen LogP contribution in [-0.4, -0.2) is 30.4 Å². The Kier molecular flexibility index (Phi) is 6.66. The summed E-state index contributed by atoms with van der Waals surface area (Å²) in [4.78, 5) is 38.4. The fraction of sp³-hybridized carbons (Fsp3) is 0.318. The van der Waals surface area contributed by atoms with Gasteiger partial charge in [-0.1, -0.05) is 31.2 Å². The molecule has 1 saturated heterocycles. The van der Waals surface area contributed by atoms with Gasteiger partial charge < -0.3 is 9.64 Å². The van der Waals surface area contributed by atoms with Crippen molar-refractivity contribution in [1.82, 2.24) is 10.9 Å². The van der Waals surface area contributed by atoms with Crippen LogP contribution in [0.5, 0.6) is 5.75 Å². The van der Waals surface area contributed by atoms with E-state index in [1.165, 1.54) is 25.1 Å². The number of nitrogens with zero attached hydrogens (tertiary/aromatic N) is 1. The fourth-order valence-electron chi connectivity index (χ4n) is 3.16. The number of hydrogen-bond acceptors (Lipinski definition) is 4. The number of carbonyl (C=O) groups excluding carboxylic acids is 3. The lowest BCUT2D eigenvalue weighted by Gasteiger charge is -2.18. The Labute approximate surface area is 174 Å². The van der Waals surface area contributed by atoms with E-state index in [9.17, 15) is 18.8 Å². The molecule has 0 bridgehead atoms. The van der Waals surface area contributed by atoms with Crippen LogP contribution < -0.4 is 20.5 Å². The molecule has 0 spiro atoms. The summed E-state index contributed by atoms with van der Waals surface area (Å²) in [6.45, 7) is 3.72. The van der Waals surface area contributed by atoms with E-state index in [1.807, 2.05) is 31.2 Å². The molecular formula is C22H24FN3O4. The van der Waals surface area contributed by atoms with Crippen molar-refractivity contribution in [3.8, 4) is 5.75 Å². The van der Waals surface area contributed by atoms with Crippen LogP contribution in [0.4, 0.5) is 10.1 Å². The van der Waals surface area contributed by atoms with Crippen LogP contribution in [0.15, 0.2) is 48.5 Å². The summed E-state index contributed by atoms with van der Waals surface area (Å²) in [5.74, 6) is -2.49. The van der Waals surface area contributed by atoms with Crippen LogP contribution in [-0.2, 0) is 20.8 Å². The third kappa shape index (κ3) is 4.94. The molecule has 30 heavy (non-hydrogen) atoms. The number of benzene rings is 2. The topological polar surface area (TPSA) is 87.7 Å². The van der Waals surface area contributed by atoms with Crippen molar-refractivity contribution in [2.24, 2.45) is 5.92 Å². The van der Waals surface area contributed by atoms with E-state index >= 15 is 0 Å². The van der Waals surface area contributed by atoms with Crippen molar-refractivity contribution in [3.05, 3.63) is 59.9 Å². The quantitative estimate of drug-likeness (QED) is 0.712. The van der Waals surface area contributed by atoms with E-state index in [1.54, 1.807) is 11.0 Å². The molecule has 8 heteroatoms.